The highest BCUT2D eigenvalue weighted by atomic mass is 19.2. The molecule has 1 aliphatic rings. The molecule has 0 heterocycles. The number of rotatable bonds is 4. The minimum atomic E-state index is -1.78. The minimum Gasteiger partial charge on any atom is -0.390 e. The van der Waals surface area contributed by atoms with Gasteiger partial charge in [0, 0.05) is 5.92 Å². The number of hydrogen-bond donors (Lipinski definition) is 1. The molecule has 1 rings (SSSR count). The zero-order valence-electron chi connectivity index (χ0n) is 10.3. The van der Waals surface area contributed by atoms with Crippen molar-refractivity contribution in [1.82, 2.24) is 0 Å². The van der Waals surface area contributed by atoms with Gasteiger partial charge < -0.3 is 5.11 Å². The molecule has 5 atom stereocenters. The summed E-state index contributed by atoms with van der Waals surface area (Å²) in [6.07, 6.45) is 0.289. The second-order valence-corrected chi connectivity index (χ2v) is 5.08. The maximum atomic E-state index is 13.7. The van der Waals surface area contributed by atoms with Crippen LogP contribution >= 0.6 is 0 Å². The van der Waals surface area contributed by atoms with Gasteiger partial charge in [-0.25, -0.2) is 8.78 Å². The molecule has 0 aromatic heterocycles. The summed E-state index contributed by atoms with van der Waals surface area (Å²) in [6.45, 7) is 5.17. The van der Waals surface area contributed by atoms with Gasteiger partial charge in [-0.3, -0.25) is 0 Å². The van der Waals surface area contributed by atoms with Gasteiger partial charge in [0.05, 0.1) is 6.10 Å². The predicted molar refractivity (Wildman–Crippen MR) is 61.7 cm³/mol. The minimum absolute atomic E-state index is 0.419. The summed E-state index contributed by atoms with van der Waals surface area (Å²) < 4.78 is 27.1. The topological polar surface area (TPSA) is 20.2 Å². The molecule has 0 saturated heterocycles. The van der Waals surface area contributed by atoms with Crippen LogP contribution in [0.1, 0.15) is 40.0 Å². The van der Waals surface area contributed by atoms with E-state index in [0.717, 1.165) is 24.8 Å². The molecule has 1 aliphatic carbocycles. The van der Waals surface area contributed by atoms with Crippen molar-refractivity contribution in [3.63, 3.8) is 0 Å². The van der Waals surface area contributed by atoms with Gasteiger partial charge in [0.25, 0.3) is 0 Å². The van der Waals surface area contributed by atoms with Crippen molar-refractivity contribution in [3.8, 4) is 0 Å². The molecule has 0 aromatic rings. The lowest BCUT2D eigenvalue weighted by molar-refractivity contribution is 0.0225. The highest BCUT2D eigenvalue weighted by Gasteiger charge is 2.32. The van der Waals surface area contributed by atoms with Crippen molar-refractivity contribution in [2.45, 2.75) is 58.5 Å². The van der Waals surface area contributed by atoms with Gasteiger partial charge in [-0.05, 0) is 32.1 Å². The summed E-state index contributed by atoms with van der Waals surface area (Å²) in [5.41, 5.74) is 1.01. The molecule has 0 amide bonds. The molecule has 1 nitrogen and oxygen atoms in total. The molecule has 1 N–H and O–H groups in total. The quantitative estimate of drug-likeness (QED) is 0.736. The van der Waals surface area contributed by atoms with Crippen molar-refractivity contribution in [3.05, 3.63) is 11.6 Å². The molecular weight excluding hydrogens is 210 g/mol. The van der Waals surface area contributed by atoms with Crippen LogP contribution in [0.2, 0.25) is 0 Å². The van der Waals surface area contributed by atoms with Crippen LogP contribution in [0.4, 0.5) is 8.78 Å². The van der Waals surface area contributed by atoms with Crippen molar-refractivity contribution in [1.29, 1.82) is 0 Å². The normalized spacial score (nSPS) is 29.1. The first kappa shape index (κ1) is 13.6. The van der Waals surface area contributed by atoms with E-state index in [2.05, 4.69) is 6.92 Å². The Morgan fingerprint density at radius 2 is 1.94 bits per heavy atom. The Bertz CT molecular complexity index is 250. The molecule has 16 heavy (non-hydrogen) atoms. The monoisotopic (exact) mass is 232 g/mol. The van der Waals surface area contributed by atoms with Gasteiger partial charge in [0.15, 0.2) is 6.17 Å². The standard InChI is InChI=1S/C13H22F2O/c1-8-4-6-11(7-5-8)9(2)12(14)13(15)10(3)16/h6,8-10,12-13,16H,4-5,7H2,1-3H3. The van der Waals surface area contributed by atoms with Crippen LogP contribution in [0.3, 0.4) is 0 Å². The second-order valence-electron chi connectivity index (χ2n) is 5.08. The Labute approximate surface area is 96.5 Å². The first-order chi connectivity index (χ1) is 7.43. The molecule has 94 valence electrons. The van der Waals surface area contributed by atoms with E-state index >= 15 is 0 Å². The SMILES string of the molecule is CC1CC=C(C(C)C(F)C(F)C(C)O)CC1. The highest BCUT2D eigenvalue weighted by Crippen LogP contribution is 2.32. The van der Waals surface area contributed by atoms with Crippen LogP contribution in [0.15, 0.2) is 11.6 Å². The maximum absolute atomic E-state index is 13.7. The van der Waals surface area contributed by atoms with Crippen LogP contribution in [0.25, 0.3) is 0 Å². The number of hydrogen-bond acceptors (Lipinski definition) is 1. The summed E-state index contributed by atoms with van der Waals surface area (Å²) in [5, 5.41) is 9.05. The van der Waals surface area contributed by atoms with E-state index in [4.69, 9.17) is 5.11 Å². The number of aliphatic hydroxyl groups is 1. The molecular formula is C13H22F2O. The first-order valence-electron chi connectivity index (χ1n) is 6.08. The molecule has 0 saturated carbocycles. The van der Waals surface area contributed by atoms with E-state index in [1.807, 2.05) is 6.08 Å². The third-order valence-corrected chi connectivity index (χ3v) is 3.54. The van der Waals surface area contributed by atoms with Crippen molar-refractivity contribution in [2.75, 3.05) is 0 Å². The number of allylic oxidation sites excluding steroid dienone is 2. The average molecular weight is 232 g/mol. The van der Waals surface area contributed by atoms with Crippen LogP contribution < -0.4 is 0 Å². The van der Waals surface area contributed by atoms with Crippen molar-refractivity contribution >= 4 is 0 Å². The van der Waals surface area contributed by atoms with Crippen LogP contribution in [0.5, 0.6) is 0 Å². The van der Waals surface area contributed by atoms with Crippen LogP contribution in [-0.4, -0.2) is 23.6 Å². The summed E-state index contributed by atoms with van der Waals surface area (Å²) in [6, 6.07) is 0. The molecule has 0 bridgehead atoms. The van der Waals surface area contributed by atoms with E-state index in [-0.39, 0.29) is 0 Å². The third kappa shape index (κ3) is 3.27. The molecule has 0 fully saturated rings. The number of aliphatic hydroxyl groups excluding tert-OH is 1. The summed E-state index contributed by atoms with van der Waals surface area (Å²) in [7, 11) is 0. The zero-order valence-corrected chi connectivity index (χ0v) is 10.3. The van der Waals surface area contributed by atoms with Gasteiger partial charge in [0.1, 0.15) is 6.17 Å². The Morgan fingerprint density at radius 3 is 2.38 bits per heavy atom. The lowest BCUT2D eigenvalue weighted by Gasteiger charge is -2.27. The van der Waals surface area contributed by atoms with Gasteiger partial charge >= 0.3 is 0 Å². The summed E-state index contributed by atoms with van der Waals surface area (Å²) in [4.78, 5) is 0. The Balaban J connectivity index is 2.60. The van der Waals surface area contributed by atoms with Crippen molar-refractivity contribution in [2.24, 2.45) is 11.8 Å². The molecule has 5 unspecified atom stereocenters. The van der Waals surface area contributed by atoms with Gasteiger partial charge in [0.2, 0.25) is 0 Å². The summed E-state index contributed by atoms with van der Waals surface area (Å²) in [5.74, 6) is 0.226. The average Bonchev–Trinajstić information content (AvgIpc) is 2.27. The van der Waals surface area contributed by atoms with E-state index in [1.165, 1.54) is 6.92 Å². The van der Waals surface area contributed by atoms with E-state index < -0.39 is 24.4 Å². The van der Waals surface area contributed by atoms with E-state index in [1.54, 1.807) is 6.92 Å². The lowest BCUT2D eigenvalue weighted by Crippen LogP contribution is -2.34. The van der Waals surface area contributed by atoms with E-state index in [0.29, 0.717) is 5.92 Å². The lowest BCUT2D eigenvalue weighted by atomic mass is 9.82. The molecule has 0 radical (unpaired) electrons. The van der Waals surface area contributed by atoms with E-state index in [9.17, 15) is 8.78 Å². The van der Waals surface area contributed by atoms with Gasteiger partial charge in [-0.15, -0.1) is 0 Å². The smallest absolute Gasteiger partial charge is 0.157 e. The number of alkyl halides is 2. The third-order valence-electron chi connectivity index (χ3n) is 3.54. The Morgan fingerprint density at radius 1 is 1.31 bits per heavy atom. The second kappa shape index (κ2) is 5.76. The largest absolute Gasteiger partial charge is 0.390 e. The maximum Gasteiger partial charge on any atom is 0.157 e. The Hall–Kier alpha value is -0.440. The molecule has 0 aromatic carbocycles. The Kier molecular flexibility index (Phi) is 4.90. The van der Waals surface area contributed by atoms with Crippen molar-refractivity contribution < 1.29 is 13.9 Å². The fourth-order valence-electron chi connectivity index (χ4n) is 2.15. The van der Waals surface area contributed by atoms with Gasteiger partial charge in [-0.2, -0.15) is 0 Å². The molecule has 0 spiro atoms. The highest BCUT2D eigenvalue weighted by molar-refractivity contribution is 5.12. The predicted octanol–water partition coefficient (Wildman–Crippen LogP) is 3.43. The van der Waals surface area contributed by atoms with Crippen LogP contribution in [0, 0.1) is 11.8 Å². The molecule has 0 aliphatic heterocycles. The van der Waals surface area contributed by atoms with Gasteiger partial charge in [-0.1, -0.05) is 25.5 Å². The molecule has 3 heteroatoms. The zero-order chi connectivity index (χ0) is 12.3. The number of halogens is 2. The van der Waals surface area contributed by atoms with Crippen LogP contribution in [-0.2, 0) is 0 Å². The fraction of sp³-hybridized carbons (Fsp3) is 0.846. The first-order valence-corrected chi connectivity index (χ1v) is 6.08. The summed E-state index contributed by atoms with van der Waals surface area (Å²) >= 11 is 0. The fourth-order valence-corrected chi connectivity index (χ4v) is 2.15.